The molecular formula is C18H22FN3. The predicted molar refractivity (Wildman–Crippen MR) is 91.5 cm³/mol. The zero-order valence-corrected chi connectivity index (χ0v) is 13.5. The summed E-state index contributed by atoms with van der Waals surface area (Å²) in [5.74, 6) is -0.208. The summed E-state index contributed by atoms with van der Waals surface area (Å²) in [5.41, 5.74) is 5.15. The Morgan fingerprint density at radius 1 is 1.14 bits per heavy atom. The fourth-order valence-corrected chi connectivity index (χ4v) is 2.15. The maximum atomic E-state index is 13.2. The topological polar surface area (TPSA) is 27.6 Å². The first-order valence-corrected chi connectivity index (χ1v) is 7.26. The van der Waals surface area contributed by atoms with Crippen LogP contribution in [-0.2, 0) is 6.54 Å². The molecule has 0 radical (unpaired) electrons. The smallest absolute Gasteiger partial charge is 0.123 e. The molecule has 0 aromatic heterocycles. The number of aliphatic imine (C=N–C) groups is 1. The normalized spacial score (nSPS) is 11.0. The summed E-state index contributed by atoms with van der Waals surface area (Å²) in [4.78, 5) is 6.37. The average molecular weight is 299 g/mol. The summed E-state index contributed by atoms with van der Waals surface area (Å²) in [5, 5.41) is 3.36. The molecule has 0 fully saturated rings. The van der Waals surface area contributed by atoms with Crippen LogP contribution in [0.3, 0.4) is 0 Å². The quantitative estimate of drug-likeness (QED) is 0.659. The molecule has 2 aromatic carbocycles. The van der Waals surface area contributed by atoms with Crippen LogP contribution in [0.4, 0.5) is 15.8 Å². The van der Waals surface area contributed by atoms with Gasteiger partial charge in [-0.25, -0.2) is 9.38 Å². The van der Waals surface area contributed by atoms with E-state index in [0.717, 1.165) is 28.1 Å². The second-order valence-electron chi connectivity index (χ2n) is 5.65. The lowest BCUT2D eigenvalue weighted by atomic mass is 10.1. The third-order valence-electron chi connectivity index (χ3n) is 3.34. The molecule has 116 valence electrons. The second kappa shape index (κ2) is 7.07. The fraction of sp³-hybridized carbons (Fsp3) is 0.278. The van der Waals surface area contributed by atoms with E-state index in [2.05, 4.69) is 22.4 Å². The van der Waals surface area contributed by atoms with Gasteiger partial charge in [0.2, 0.25) is 0 Å². The van der Waals surface area contributed by atoms with E-state index >= 15 is 0 Å². The van der Waals surface area contributed by atoms with Crippen LogP contribution < -0.4 is 5.32 Å². The molecule has 2 aromatic rings. The van der Waals surface area contributed by atoms with E-state index in [-0.39, 0.29) is 5.82 Å². The summed E-state index contributed by atoms with van der Waals surface area (Å²) in [6, 6.07) is 10.8. The third-order valence-corrected chi connectivity index (χ3v) is 3.34. The van der Waals surface area contributed by atoms with Crippen LogP contribution in [0.25, 0.3) is 0 Å². The van der Waals surface area contributed by atoms with Crippen LogP contribution >= 0.6 is 0 Å². The number of hydrogen-bond donors (Lipinski definition) is 1. The van der Waals surface area contributed by atoms with Crippen LogP contribution in [0, 0.1) is 19.7 Å². The van der Waals surface area contributed by atoms with E-state index < -0.39 is 0 Å². The predicted octanol–water partition coefficient (Wildman–Crippen LogP) is 4.28. The number of aryl methyl sites for hydroxylation is 2. The lowest BCUT2D eigenvalue weighted by Crippen LogP contribution is -2.07. The lowest BCUT2D eigenvalue weighted by Gasteiger charge is -2.13. The summed E-state index contributed by atoms with van der Waals surface area (Å²) in [6.45, 7) is 4.68. The number of benzene rings is 2. The Hall–Kier alpha value is -2.36. The summed E-state index contributed by atoms with van der Waals surface area (Å²) in [6.07, 6.45) is 1.79. The van der Waals surface area contributed by atoms with Crippen molar-refractivity contribution in [2.45, 2.75) is 20.4 Å². The molecule has 0 atom stereocenters. The molecule has 0 aliphatic carbocycles. The maximum absolute atomic E-state index is 13.2. The van der Waals surface area contributed by atoms with Gasteiger partial charge in [-0.3, -0.25) is 0 Å². The van der Waals surface area contributed by atoms with Crippen molar-refractivity contribution in [1.82, 2.24) is 4.90 Å². The lowest BCUT2D eigenvalue weighted by molar-refractivity contribution is 0.626. The highest BCUT2D eigenvalue weighted by Gasteiger charge is 2.04. The van der Waals surface area contributed by atoms with Crippen LogP contribution in [0.2, 0.25) is 0 Å². The van der Waals surface area contributed by atoms with Crippen LogP contribution in [-0.4, -0.2) is 25.3 Å². The minimum atomic E-state index is -0.208. The molecule has 3 nitrogen and oxygen atoms in total. The van der Waals surface area contributed by atoms with Gasteiger partial charge in [-0.1, -0.05) is 12.1 Å². The van der Waals surface area contributed by atoms with E-state index in [0.29, 0.717) is 6.54 Å². The van der Waals surface area contributed by atoms with Gasteiger partial charge < -0.3 is 10.2 Å². The number of hydrogen-bond acceptors (Lipinski definition) is 2. The highest BCUT2D eigenvalue weighted by molar-refractivity contribution is 5.67. The van der Waals surface area contributed by atoms with Crippen molar-refractivity contribution in [2.75, 3.05) is 19.4 Å². The number of nitrogens with zero attached hydrogens (tertiary/aromatic N) is 2. The molecule has 0 bridgehead atoms. The monoisotopic (exact) mass is 299 g/mol. The van der Waals surface area contributed by atoms with Gasteiger partial charge in [-0.05, 0) is 54.8 Å². The van der Waals surface area contributed by atoms with Gasteiger partial charge >= 0.3 is 0 Å². The van der Waals surface area contributed by atoms with E-state index in [1.165, 1.54) is 6.07 Å². The molecule has 0 saturated heterocycles. The Morgan fingerprint density at radius 2 is 1.91 bits per heavy atom. The highest BCUT2D eigenvalue weighted by atomic mass is 19.1. The van der Waals surface area contributed by atoms with Crippen LogP contribution in [0.5, 0.6) is 0 Å². The Kier molecular flexibility index (Phi) is 5.15. The molecule has 0 unspecified atom stereocenters. The Balaban J connectivity index is 2.13. The van der Waals surface area contributed by atoms with Crippen LogP contribution in [0.15, 0.2) is 41.4 Å². The standard InChI is InChI=1S/C18H22FN3/c1-13-9-18(21-12-22(3)4)14(2)8-17(13)20-11-15-6-5-7-16(19)10-15/h5-10,12,20H,11H2,1-4H3/b21-12-. The van der Waals surface area contributed by atoms with E-state index in [1.54, 1.807) is 18.5 Å². The van der Waals surface area contributed by atoms with E-state index in [9.17, 15) is 4.39 Å². The van der Waals surface area contributed by atoms with Crippen molar-refractivity contribution in [1.29, 1.82) is 0 Å². The van der Waals surface area contributed by atoms with Gasteiger partial charge in [0.1, 0.15) is 5.82 Å². The average Bonchev–Trinajstić information content (AvgIpc) is 2.46. The number of rotatable bonds is 5. The molecule has 0 heterocycles. The minimum Gasteiger partial charge on any atom is -0.381 e. The van der Waals surface area contributed by atoms with E-state index in [1.807, 2.05) is 38.9 Å². The molecule has 0 aliphatic heterocycles. The molecular weight excluding hydrogens is 277 g/mol. The molecule has 0 spiro atoms. The Morgan fingerprint density at radius 3 is 2.59 bits per heavy atom. The number of nitrogens with one attached hydrogen (secondary N) is 1. The summed E-state index contributed by atoms with van der Waals surface area (Å²) < 4.78 is 13.2. The minimum absolute atomic E-state index is 0.208. The Bertz CT molecular complexity index is 678. The van der Waals surface area contributed by atoms with Crippen molar-refractivity contribution in [3.8, 4) is 0 Å². The molecule has 2 rings (SSSR count). The molecule has 0 saturated carbocycles. The highest BCUT2D eigenvalue weighted by Crippen LogP contribution is 2.26. The molecule has 4 heteroatoms. The van der Waals surface area contributed by atoms with Crippen molar-refractivity contribution in [3.63, 3.8) is 0 Å². The van der Waals surface area contributed by atoms with Crippen molar-refractivity contribution < 1.29 is 4.39 Å². The van der Waals surface area contributed by atoms with Crippen molar-refractivity contribution >= 4 is 17.7 Å². The molecule has 0 aliphatic rings. The molecule has 22 heavy (non-hydrogen) atoms. The zero-order valence-electron chi connectivity index (χ0n) is 13.5. The summed E-state index contributed by atoms with van der Waals surface area (Å²) >= 11 is 0. The largest absolute Gasteiger partial charge is 0.381 e. The van der Waals surface area contributed by atoms with Gasteiger partial charge in [-0.2, -0.15) is 0 Å². The second-order valence-corrected chi connectivity index (χ2v) is 5.65. The first kappa shape index (κ1) is 16.0. The fourth-order valence-electron chi connectivity index (χ4n) is 2.15. The first-order chi connectivity index (χ1) is 10.5. The van der Waals surface area contributed by atoms with Crippen LogP contribution in [0.1, 0.15) is 16.7 Å². The van der Waals surface area contributed by atoms with E-state index in [4.69, 9.17) is 0 Å². The third kappa shape index (κ3) is 4.32. The Labute approximate surface area is 131 Å². The van der Waals surface area contributed by atoms with Gasteiger partial charge in [0.15, 0.2) is 0 Å². The SMILES string of the molecule is Cc1cc(NCc2cccc(F)c2)c(C)cc1/N=C\N(C)C. The molecule has 1 N–H and O–H groups in total. The van der Waals surface area contributed by atoms with Gasteiger partial charge in [0, 0.05) is 26.3 Å². The first-order valence-electron chi connectivity index (χ1n) is 7.26. The number of anilines is 1. The van der Waals surface area contributed by atoms with Gasteiger partial charge in [0.05, 0.1) is 12.0 Å². The maximum Gasteiger partial charge on any atom is 0.123 e. The van der Waals surface area contributed by atoms with Gasteiger partial charge in [-0.15, -0.1) is 0 Å². The summed E-state index contributed by atoms with van der Waals surface area (Å²) in [7, 11) is 3.89. The van der Waals surface area contributed by atoms with Crippen molar-refractivity contribution in [2.24, 2.45) is 4.99 Å². The van der Waals surface area contributed by atoms with Crippen molar-refractivity contribution in [3.05, 3.63) is 58.9 Å². The molecule has 0 amide bonds. The van der Waals surface area contributed by atoms with Gasteiger partial charge in [0.25, 0.3) is 0 Å². The zero-order chi connectivity index (χ0) is 16.1. The number of halogens is 1.